The Morgan fingerprint density at radius 3 is 2.63 bits per heavy atom. The van der Waals surface area contributed by atoms with Crippen LogP contribution in [0.4, 0.5) is 20.6 Å². The van der Waals surface area contributed by atoms with Gasteiger partial charge in [0.25, 0.3) is 5.91 Å². The smallest absolute Gasteiger partial charge is 0.410 e. The second-order valence-corrected chi connectivity index (χ2v) is 10.8. The Hall–Kier alpha value is -4.15. The van der Waals surface area contributed by atoms with Crippen molar-refractivity contribution in [3.05, 3.63) is 53.9 Å². The number of imidazole rings is 1. The van der Waals surface area contributed by atoms with Gasteiger partial charge in [0.05, 0.1) is 16.9 Å². The molecule has 1 atom stereocenters. The summed E-state index contributed by atoms with van der Waals surface area (Å²) < 4.78 is 23.3. The second kappa shape index (κ2) is 9.30. The number of hydrogen-bond acceptors (Lipinski definition) is 6. The molecule has 4 aromatic rings. The summed E-state index contributed by atoms with van der Waals surface area (Å²) >= 11 is 0. The topological polar surface area (TPSA) is 97.0 Å². The summed E-state index contributed by atoms with van der Waals surface area (Å²) in [6.45, 7) is 11.0. The van der Waals surface area contributed by atoms with Crippen molar-refractivity contribution >= 4 is 39.9 Å². The van der Waals surface area contributed by atoms with Crippen LogP contribution in [0.25, 0.3) is 16.6 Å². The first-order valence-corrected chi connectivity index (χ1v) is 12.6. The highest BCUT2D eigenvalue weighted by Crippen LogP contribution is 2.32. The standard InChI is InChI=1S/C27H32FN7O3/c1-16-12-34-14-18(11-21(28)24(34)29-16)30-25(36)19-7-8-22(20-15-32(6)31-23(19)20)35-10-9-33(13-17(35)2)26(37)38-27(3,4)5/h7-8,11-12,14-15,17H,9-10,13H2,1-6H3,(H,30,36)/t17-/m0/s1. The van der Waals surface area contributed by atoms with Crippen LogP contribution in [0.5, 0.6) is 0 Å². The Morgan fingerprint density at radius 2 is 1.92 bits per heavy atom. The van der Waals surface area contributed by atoms with Gasteiger partial charge < -0.3 is 24.3 Å². The minimum atomic E-state index is -0.551. The number of anilines is 2. The molecule has 1 saturated heterocycles. The maximum absolute atomic E-state index is 14.5. The van der Waals surface area contributed by atoms with Gasteiger partial charge >= 0.3 is 6.09 Å². The number of aromatic nitrogens is 4. The van der Waals surface area contributed by atoms with Crippen LogP contribution in [0.2, 0.25) is 0 Å². The highest BCUT2D eigenvalue weighted by molar-refractivity contribution is 6.14. The first-order chi connectivity index (χ1) is 17.9. The molecule has 0 spiro atoms. The number of ether oxygens (including phenoxy) is 1. The number of rotatable bonds is 3. The maximum Gasteiger partial charge on any atom is 0.410 e. The summed E-state index contributed by atoms with van der Waals surface area (Å²) in [5, 5.41) is 8.19. The zero-order valence-electron chi connectivity index (χ0n) is 22.4. The number of piperazine rings is 1. The van der Waals surface area contributed by atoms with Crippen molar-refractivity contribution < 1.29 is 18.7 Å². The quantitative estimate of drug-likeness (QED) is 0.430. The third-order valence-corrected chi connectivity index (χ3v) is 6.49. The summed E-state index contributed by atoms with van der Waals surface area (Å²) in [7, 11) is 1.81. The number of benzene rings is 1. The fraction of sp³-hybridized carbons (Fsp3) is 0.407. The Bertz CT molecular complexity index is 1550. The molecule has 0 unspecified atom stereocenters. The lowest BCUT2D eigenvalue weighted by molar-refractivity contribution is 0.0219. The fourth-order valence-corrected chi connectivity index (χ4v) is 4.89. The molecular formula is C27H32FN7O3. The molecule has 0 aliphatic carbocycles. The van der Waals surface area contributed by atoms with E-state index in [-0.39, 0.29) is 17.8 Å². The maximum atomic E-state index is 14.5. The van der Waals surface area contributed by atoms with E-state index in [2.05, 4.69) is 27.2 Å². The fourth-order valence-electron chi connectivity index (χ4n) is 4.89. The van der Waals surface area contributed by atoms with E-state index in [1.54, 1.807) is 46.4 Å². The normalized spacial score (nSPS) is 16.3. The number of aryl methyl sites for hydroxylation is 2. The number of nitrogens with one attached hydrogen (secondary N) is 1. The van der Waals surface area contributed by atoms with E-state index in [4.69, 9.17) is 4.74 Å². The molecule has 0 radical (unpaired) electrons. The number of pyridine rings is 1. The molecule has 1 aliphatic rings. The molecule has 11 heteroatoms. The van der Waals surface area contributed by atoms with Crippen LogP contribution < -0.4 is 10.2 Å². The molecule has 1 aliphatic heterocycles. The molecule has 5 rings (SSSR count). The van der Waals surface area contributed by atoms with Gasteiger partial charge in [-0.1, -0.05) is 0 Å². The zero-order valence-corrected chi connectivity index (χ0v) is 22.4. The van der Waals surface area contributed by atoms with Crippen molar-refractivity contribution in [2.24, 2.45) is 7.05 Å². The highest BCUT2D eigenvalue weighted by atomic mass is 19.1. The van der Waals surface area contributed by atoms with Crippen molar-refractivity contribution in [2.75, 3.05) is 29.9 Å². The van der Waals surface area contributed by atoms with Crippen LogP contribution in [0, 0.1) is 12.7 Å². The van der Waals surface area contributed by atoms with Gasteiger partial charge in [0.2, 0.25) is 0 Å². The average Bonchev–Trinajstić information content (AvgIpc) is 3.39. The Balaban J connectivity index is 1.40. The minimum Gasteiger partial charge on any atom is -0.444 e. The van der Waals surface area contributed by atoms with Crippen molar-refractivity contribution in [1.29, 1.82) is 0 Å². The van der Waals surface area contributed by atoms with E-state index < -0.39 is 17.3 Å². The van der Waals surface area contributed by atoms with Gasteiger partial charge in [-0.05, 0) is 46.8 Å². The molecule has 0 bridgehead atoms. The van der Waals surface area contributed by atoms with Crippen molar-refractivity contribution in [1.82, 2.24) is 24.1 Å². The van der Waals surface area contributed by atoms with Gasteiger partial charge in [-0.2, -0.15) is 5.10 Å². The molecule has 1 aromatic carbocycles. The van der Waals surface area contributed by atoms with Gasteiger partial charge in [-0.25, -0.2) is 14.2 Å². The molecule has 200 valence electrons. The summed E-state index contributed by atoms with van der Waals surface area (Å²) in [4.78, 5) is 34.0. The van der Waals surface area contributed by atoms with Crippen LogP contribution in [-0.4, -0.2) is 67.3 Å². The van der Waals surface area contributed by atoms with Crippen molar-refractivity contribution in [3.8, 4) is 0 Å². The predicted molar refractivity (Wildman–Crippen MR) is 143 cm³/mol. The summed E-state index contributed by atoms with van der Waals surface area (Å²) in [5.74, 6) is -0.910. The monoisotopic (exact) mass is 521 g/mol. The van der Waals surface area contributed by atoms with Crippen LogP contribution >= 0.6 is 0 Å². The van der Waals surface area contributed by atoms with Gasteiger partial charge in [0.1, 0.15) is 11.1 Å². The number of carbonyl (C=O) groups excluding carboxylic acids is 2. The van der Waals surface area contributed by atoms with E-state index in [0.717, 1.165) is 11.1 Å². The number of fused-ring (bicyclic) bond motifs is 2. The molecule has 1 fully saturated rings. The van der Waals surface area contributed by atoms with E-state index in [9.17, 15) is 14.0 Å². The number of carbonyl (C=O) groups is 2. The summed E-state index contributed by atoms with van der Waals surface area (Å²) in [6.07, 6.45) is 4.90. The number of amides is 2. The van der Waals surface area contributed by atoms with Crippen molar-refractivity contribution in [2.45, 2.75) is 46.3 Å². The van der Waals surface area contributed by atoms with Crippen LogP contribution in [0.1, 0.15) is 43.7 Å². The van der Waals surface area contributed by atoms with Gasteiger partial charge in [0.15, 0.2) is 11.5 Å². The van der Waals surface area contributed by atoms with E-state index in [1.165, 1.54) is 6.07 Å². The lowest BCUT2D eigenvalue weighted by Gasteiger charge is -2.41. The molecule has 10 nitrogen and oxygen atoms in total. The first-order valence-electron chi connectivity index (χ1n) is 12.6. The molecule has 2 amide bonds. The second-order valence-electron chi connectivity index (χ2n) is 10.8. The Labute approximate surface area is 220 Å². The van der Waals surface area contributed by atoms with E-state index >= 15 is 0 Å². The van der Waals surface area contributed by atoms with Crippen molar-refractivity contribution in [3.63, 3.8) is 0 Å². The van der Waals surface area contributed by atoms with Crippen LogP contribution in [0.3, 0.4) is 0 Å². The zero-order chi connectivity index (χ0) is 27.4. The highest BCUT2D eigenvalue weighted by Gasteiger charge is 2.31. The molecule has 3 aromatic heterocycles. The third kappa shape index (κ3) is 4.88. The Morgan fingerprint density at radius 1 is 1.16 bits per heavy atom. The summed E-state index contributed by atoms with van der Waals surface area (Å²) in [6, 6.07) is 4.92. The largest absolute Gasteiger partial charge is 0.444 e. The lowest BCUT2D eigenvalue weighted by Crippen LogP contribution is -2.54. The molecule has 38 heavy (non-hydrogen) atoms. The van der Waals surface area contributed by atoms with E-state index in [1.807, 2.05) is 33.0 Å². The summed E-state index contributed by atoms with van der Waals surface area (Å²) in [5.41, 5.74) is 2.51. The predicted octanol–water partition coefficient (Wildman–Crippen LogP) is 4.37. The molecule has 4 heterocycles. The van der Waals surface area contributed by atoms with Gasteiger partial charge in [-0.3, -0.25) is 9.48 Å². The first kappa shape index (κ1) is 25.5. The lowest BCUT2D eigenvalue weighted by atomic mass is 10.1. The molecule has 1 N–H and O–H groups in total. The van der Waals surface area contributed by atoms with Crippen LogP contribution in [0.15, 0.2) is 36.8 Å². The number of hydrogen-bond donors (Lipinski definition) is 1. The molecule has 0 saturated carbocycles. The number of halogens is 1. The Kier molecular flexibility index (Phi) is 6.24. The van der Waals surface area contributed by atoms with Gasteiger partial charge in [-0.15, -0.1) is 0 Å². The third-order valence-electron chi connectivity index (χ3n) is 6.49. The minimum absolute atomic E-state index is 0.0210. The number of nitrogens with zero attached hydrogens (tertiary/aromatic N) is 6. The average molecular weight is 522 g/mol. The van der Waals surface area contributed by atoms with Crippen LogP contribution in [-0.2, 0) is 11.8 Å². The van der Waals surface area contributed by atoms with E-state index in [0.29, 0.717) is 42.1 Å². The SMILES string of the molecule is Cc1cn2cc(NC(=O)c3ccc(N4CCN(C(=O)OC(C)(C)C)C[C@@H]4C)c4cn(C)nc34)cc(F)c2n1. The van der Waals surface area contributed by atoms with Gasteiger partial charge in [0, 0.05) is 68.5 Å². The molecular weight excluding hydrogens is 489 g/mol.